The second-order valence-corrected chi connectivity index (χ2v) is 8.26. The number of aryl methyl sites for hydroxylation is 1. The highest BCUT2D eigenvalue weighted by Crippen LogP contribution is 2.34. The molecule has 11 heteroatoms. The van der Waals surface area contributed by atoms with Crippen LogP contribution in [0.15, 0.2) is 71.8 Å². The molecule has 0 aliphatic rings. The van der Waals surface area contributed by atoms with Crippen molar-refractivity contribution in [3.05, 3.63) is 99.1 Å². The van der Waals surface area contributed by atoms with Crippen molar-refractivity contribution >= 4 is 17.5 Å². The fourth-order valence-corrected chi connectivity index (χ4v) is 3.72. The number of benzene rings is 2. The predicted octanol–water partition coefficient (Wildman–Crippen LogP) is 4.80. The van der Waals surface area contributed by atoms with Crippen molar-refractivity contribution in [3.8, 4) is 16.9 Å². The minimum atomic E-state index is -4.60. The number of nitrogens with one attached hydrogen (secondary N) is 1. The third-order valence-electron chi connectivity index (χ3n) is 5.31. The van der Waals surface area contributed by atoms with E-state index in [2.05, 4.69) is 15.5 Å². The summed E-state index contributed by atoms with van der Waals surface area (Å²) in [5, 5.41) is 11.4. The Kier molecular flexibility index (Phi) is 6.49. The van der Waals surface area contributed by atoms with E-state index in [1.165, 1.54) is 42.1 Å². The van der Waals surface area contributed by atoms with Crippen molar-refractivity contribution in [3.63, 3.8) is 0 Å². The van der Waals surface area contributed by atoms with Crippen LogP contribution in [0, 0.1) is 0 Å². The quantitative estimate of drug-likeness (QED) is 0.426. The van der Waals surface area contributed by atoms with Gasteiger partial charge in [-0.25, -0.2) is 0 Å². The van der Waals surface area contributed by atoms with Gasteiger partial charge < -0.3 is 5.32 Å². The highest BCUT2D eigenvalue weighted by molar-refractivity contribution is 6.30. The lowest BCUT2D eigenvalue weighted by molar-refractivity contribution is -0.138. The normalized spacial score (nSPS) is 12.4. The predicted molar refractivity (Wildman–Crippen MR) is 124 cm³/mol. The Morgan fingerprint density at radius 1 is 1.11 bits per heavy atom. The van der Waals surface area contributed by atoms with Gasteiger partial charge in [-0.3, -0.25) is 14.3 Å². The summed E-state index contributed by atoms with van der Waals surface area (Å²) in [7, 11) is 1.66. The number of nitrogens with zero attached hydrogens (tertiary/aromatic N) is 4. The first-order chi connectivity index (χ1) is 16.5. The summed E-state index contributed by atoms with van der Waals surface area (Å²) in [6.07, 6.45) is -1.64. The summed E-state index contributed by atoms with van der Waals surface area (Å²) in [5.74, 6) is -0.838. The maximum Gasteiger partial charge on any atom is 0.416 e. The van der Waals surface area contributed by atoms with Crippen LogP contribution in [-0.4, -0.2) is 25.5 Å². The first kappa shape index (κ1) is 24.2. The molecule has 180 valence electrons. The van der Waals surface area contributed by atoms with Gasteiger partial charge in [0.05, 0.1) is 29.7 Å². The van der Waals surface area contributed by atoms with Crippen LogP contribution in [0.4, 0.5) is 13.2 Å². The van der Waals surface area contributed by atoms with Gasteiger partial charge in [0.2, 0.25) is 0 Å². The Balaban J connectivity index is 1.77. The zero-order valence-electron chi connectivity index (χ0n) is 18.5. The number of hydrogen-bond acceptors (Lipinski definition) is 4. The van der Waals surface area contributed by atoms with Crippen LogP contribution in [0.5, 0.6) is 0 Å². The number of amides is 1. The molecular formula is C24H19ClF3N5O2. The van der Waals surface area contributed by atoms with Crippen LogP contribution >= 0.6 is 11.6 Å². The lowest BCUT2D eigenvalue weighted by Crippen LogP contribution is -2.35. The van der Waals surface area contributed by atoms with Crippen LogP contribution in [0.3, 0.4) is 0 Å². The molecular weight excluding hydrogens is 483 g/mol. The molecule has 1 atom stereocenters. The van der Waals surface area contributed by atoms with Gasteiger partial charge in [-0.2, -0.15) is 28.1 Å². The van der Waals surface area contributed by atoms with E-state index in [0.717, 1.165) is 10.7 Å². The van der Waals surface area contributed by atoms with E-state index in [9.17, 15) is 22.8 Å². The molecule has 0 aliphatic carbocycles. The second kappa shape index (κ2) is 9.38. The molecule has 0 fully saturated rings. The SMILES string of the molecule is CC(NC(=O)c1cc(-c2ccc(Cl)cc2)nn(-c2cnn(C)c2)c1=O)c1ccccc1C(F)(F)F. The topological polar surface area (TPSA) is 81.8 Å². The van der Waals surface area contributed by atoms with Crippen LogP contribution in [0.25, 0.3) is 16.9 Å². The summed E-state index contributed by atoms with van der Waals surface area (Å²) in [6.45, 7) is 1.42. The molecule has 2 aromatic carbocycles. The maximum atomic E-state index is 13.5. The number of rotatable bonds is 5. The fourth-order valence-electron chi connectivity index (χ4n) is 3.60. The minimum absolute atomic E-state index is 0.118. The van der Waals surface area contributed by atoms with Gasteiger partial charge in [-0.1, -0.05) is 41.9 Å². The fraction of sp³-hybridized carbons (Fsp3) is 0.167. The molecule has 0 aliphatic heterocycles. The van der Waals surface area contributed by atoms with E-state index in [-0.39, 0.29) is 11.1 Å². The molecule has 0 saturated carbocycles. The number of carbonyl (C=O) groups is 1. The van der Waals surface area contributed by atoms with Crippen molar-refractivity contribution in [1.82, 2.24) is 24.9 Å². The number of halogens is 4. The Hall–Kier alpha value is -3.92. The third kappa shape index (κ3) is 5.12. The van der Waals surface area contributed by atoms with E-state index in [1.807, 2.05) is 0 Å². The summed E-state index contributed by atoms with van der Waals surface area (Å²) < 4.78 is 42.9. The average molecular weight is 502 g/mol. The second-order valence-electron chi connectivity index (χ2n) is 7.82. The Labute approximate surface area is 202 Å². The van der Waals surface area contributed by atoms with E-state index in [1.54, 1.807) is 37.5 Å². The molecule has 0 saturated heterocycles. The molecule has 0 bridgehead atoms. The Morgan fingerprint density at radius 3 is 2.43 bits per heavy atom. The van der Waals surface area contributed by atoms with E-state index in [4.69, 9.17) is 11.6 Å². The number of aromatic nitrogens is 4. The van der Waals surface area contributed by atoms with Crippen LogP contribution in [0.2, 0.25) is 5.02 Å². The zero-order chi connectivity index (χ0) is 25.3. The molecule has 1 amide bonds. The zero-order valence-corrected chi connectivity index (χ0v) is 19.3. The molecule has 4 aromatic rings. The Bertz CT molecular complexity index is 1440. The standard InChI is InChI=1S/C24H19ClF3N5O2/c1-14(18-5-3-4-6-20(18)24(26,27)28)30-22(34)19-11-21(15-7-9-16(25)10-8-15)31-33(23(19)35)17-12-29-32(2)13-17/h3-14H,1-2H3,(H,30,34). The highest BCUT2D eigenvalue weighted by Gasteiger charge is 2.34. The first-order valence-electron chi connectivity index (χ1n) is 10.4. The lowest BCUT2D eigenvalue weighted by atomic mass is 10.0. The van der Waals surface area contributed by atoms with Crippen molar-refractivity contribution in [1.29, 1.82) is 0 Å². The number of carbonyl (C=O) groups excluding carboxylic acids is 1. The van der Waals surface area contributed by atoms with Gasteiger partial charge in [0, 0.05) is 17.6 Å². The number of hydrogen-bond donors (Lipinski definition) is 1. The first-order valence-corrected chi connectivity index (χ1v) is 10.8. The van der Waals surface area contributed by atoms with Crippen LogP contribution < -0.4 is 10.9 Å². The van der Waals surface area contributed by atoms with Crippen molar-refractivity contribution in [2.75, 3.05) is 0 Å². The summed E-state index contributed by atoms with van der Waals surface area (Å²) in [5.41, 5.74) is -0.826. The van der Waals surface area contributed by atoms with Crippen LogP contribution in [0.1, 0.15) is 34.5 Å². The van der Waals surface area contributed by atoms with Crippen molar-refractivity contribution < 1.29 is 18.0 Å². The smallest absolute Gasteiger partial charge is 0.345 e. The molecule has 2 aromatic heterocycles. The highest BCUT2D eigenvalue weighted by atomic mass is 35.5. The van der Waals surface area contributed by atoms with Gasteiger partial charge in [0.25, 0.3) is 11.5 Å². The lowest BCUT2D eigenvalue weighted by Gasteiger charge is -2.19. The van der Waals surface area contributed by atoms with E-state index < -0.39 is 29.2 Å². The Morgan fingerprint density at radius 2 is 1.80 bits per heavy atom. The monoisotopic (exact) mass is 501 g/mol. The summed E-state index contributed by atoms with van der Waals surface area (Å²) in [6, 6.07) is 11.8. The number of alkyl halides is 3. The van der Waals surface area contributed by atoms with Crippen molar-refractivity contribution in [2.24, 2.45) is 7.05 Å². The van der Waals surface area contributed by atoms with Crippen molar-refractivity contribution in [2.45, 2.75) is 19.1 Å². The molecule has 0 spiro atoms. The van der Waals surface area contributed by atoms with Gasteiger partial charge in [-0.15, -0.1) is 0 Å². The molecule has 2 heterocycles. The van der Waals surface area contributed by atoms with Crippen LogP contribution in [-0.2, 0) is 13.2 Å². The molecule has 7 nitrogen and oxygen atoms in total. The molecule has 1 unspecified atom stereocenters. The van der Waals surface area contributed by atoms with Gasteiger partial charge in [0.1, 0.15) is 11.3 Å². The average Bonchev–Trinajstić information content (AvgIpc) is 3.25. The minimum Gasteiger partial charge on any atom is -0.345 e. The largest absolute Gasteiger partial charge is 0.416 e. The molecule has 4 rings (SSSR count). The molecule has 1 N–H and O–H groups in total. The molecule has 0 radical (unpaired) electrons. The van der Waals surface area contributed by atoms with E-state index in [0.29, 0.717) is 22.0 Å². The summed E-state index contributed by atoms with van der Waals surface area (Å²) in [4.78, 5) is 26.4. The third-order valence-corrected chi connectivity index (χ3v) is 5.56. The van der Waals surface area contributed by atoms with Gasteiger partial charge >= 0.3 is 6.18 Å². The van der Waals surface area contributed by atoms with E-state index >= 15 is 0 Å². The summed E-state index contributed by atoms with van der Waals surface area (Å²) >= 11 is 5.97. The maximum absolute atomic E-state index is 13.5. The van der Waals surface area contributed by atoms with Gasteiger partial charge in [-0.05, 0) is 36.8 Å². The molecule has 35 heavy (non-hydrogen) atoms. The van der Waals surface area contributed by atoms with Gasteiger partial charge in [0.15, 0.2) is 0 Å².